The fraction of sp³-hybridized carbons (Fsp3) is 0.846. The molecule has 2 unspecified atom stereocenters. The van der Waals surface area contributed by atoms with Crippen molar-refractivity contribution in [3.63, 3.8) is 0 Å². The fourth-order valence-electron chi connectivity index (χ4n) is 2.16. The van der Waals surface area contributed by atoms with Crippen LogP contribution in [0.1, 0.15) is 20.3 Å². The van der Waals surface area contributed by atoms with Gasteiger partial charge in [-0.15, -0.1) is 0 Å². The van der Waals surface area contributed by atoms with Gasteiger partial charge >= 0.3 is 0 Å². The summed E-state index contributed by atoms with van der Waals surface area (Å²) in [5.74, 6) is -0.337. The molecule has 1 rings (SSSR count). The average Bonchev–Trinajstić information content (AvgIpc) is 2.84. The van der Waals surface area contributed by atoms with Crippen LogP contribution in [0.4, 0.5) is 0 Å². The molecule has 1 fully saturated rings. The molecule has 2 amide bonds. The quantitative estimate of drug-likeness (QED) is 0.661. The molecule has 0 bridgehead atoms. The lowest BCUT2D eigenvalue weighted by molar-refractivity contribution is -0.138. The number of carbonyl (C=O) groups is 2. The summed E-state index contributed by atoms with van der Waals surface area (Å²) in [4.78, 5) is 25.3. The molecule has 0 aliphatic carbocycles. The van der Waals surface area contributed by atoms with Crippen molar-refractivity contribution in [2.75, 3.05) is 39.9 Å². The van der Waals surface area contributed by atoms with Crippen LogP contribution in [0.2, 0.25) is 0 Å². The number of hydrogen-bond donors (Lipinski definition) is 2. The maximum atomic E-state index is 12.3. The third-order valence-electron chi connectivity index (χ3n) is 3.19. The molecule has 0 radical (unpaired) electrons. The largest absolute Gasteiger partial charge is 0.379 e. The van der Waals surface area contributed by atoms with Crippen LogP contribution in [0.3, 0.4) is 0 Å². The highest BCUT2D eigenvalue weighted by atomic mass is 16.5. The number of ether oxygens (including phenoxy) is 1. The molecule has 2 atom stereocenters. The SMILES string of the molecule is CCCNC(=O)CN(C)C(=O)C1COCC1NCC. The van der Waals surface area contributed by atoms with Crippen LogP contribution in [0, 0.1) is 5.92 Å². The molecule has 0 aromatic heterocycles. The van der Waals surface area contributed by atoms with Gasteiger partial charge in [-0.05, 0) is 13.0 Å². The van der Waals surface area contributed by atoms with E-state index in [1.807, 2.05) is 13.8 Å². The second-order valence-corrected chi connectivity index (χ2v) is 4.85. The van der Waals surface area contributed by atoms with E-state index in [0.29, 0.717) is 19.8 Å². The van der Waals surface area contributed by atoms with E-state index in [1.165, 1.54) is 4.90 Å². The molecule has 1 aliphatic heterocycles. The van der Waals surface area contributed by atoms with Crippen molar-refractivity contribution in [3.8, 4) is 0 Å². The molecule has 0 aromatic carbocycles. The normalized spacial score (nSPS) is 22.3. The van der Waals surface area contributed by atoms with E-state index in [2.05, 4.69) is 10.6 Å². The van der Waals surface area contributed by atoms with E-state index < -0.39 is 0 Å². The maximum Gasteiger partial charge on any atom is 0.239 e. The highest BCUT2D eigenvalue weighted by Crippen LogP contribution is 2.16. The van der Waals surface area contributed by atoms with Crippen LogP contribution < -0.4 is 10.6 Å². The number of hydrogen-bond acceptors (Lipinski definition) is 4. The number of rotatable bonds is 7. The molecule has 1 saturated heterocycles. The summed E-state index contributed by atoms with van der Waals surface area (Å²) in [5, 5.41) is 6.01. The van der Waals surface area contributed by atoms with E-state index in [4.69, 9.17) is 4.74 Å². The Morgan fingerprint density at radius 1 is 1.32 bits per heavy atom. The van der Waals surface area contributed by atoms with Gasteiger partial charge in [-0.25, -0.2) is 0 Å². The Hall–Kier alpha value is -1.14. The summed E-state index contributed by atoms with van der Waals surface area (Å²) >= 11 is 0. The van der Waals surface area contributed by atoms with E-state index in [0.717, 1.165) is 13.0 Å². The van der Waals surface area contributed by atoms with E-state index >= 15 is 0 Å². The second kappa shape index (κ2) is 8.12. The fourth-order valence-corrected chi connectivity index (χ4v) is 2.16. The Balaban J connectivity index is 2.44. The van der Waals surface area contributed by atoms with Gasteiger partial charge in [0.1, 0.15) is 0 Å². The number of nitrogens with one attached hydrogen (secondary N) is 2. The van der Waals surface area contributed by atoms with Crippen molar-refractivity contribution in [2.45, 2.75) is 26.3 Å². The summed E-state index contributed by atoms with van der Waals surface area (Å²) < 4.78 is 5.35. The minimum Gasteiger partial charge on any atom is -0.379 e. The molecule has 2 N–H and O–H groups in total. The summed E-state index contributed by atoms with van der Waals surface area (Å²) in [6, 6.07) is 0.0543. The van der Waals surface area contributed by atoms with Gasteiger partial charge in [-0.1, -0.05) is 13.8 Å². The van der Waals surface area contributed by atoms with Gasteiger partial charge in [0.25, 0.3) is 0 Å². The van der Waals surface area contributed by atoms with Crippen molar-refractivity contribution < 1.29 is 14.3 Å². The van der Waals surface area contributed by atoms with Crippen molar-refractivity contribution in [3.05, 3.63) is 0 Å². The van der Waals surface area contributed by atoms with Crippen LogP contribution in [0.25, 0.3) is 0 Å². The molecule has 1 heterocycles. The van der Waals surface area contributed by atoms with Crippen molar-refractivity contribution in [1.29, 1.82) is 0 Å². The number of likely N-dealkylation sites (N-methyl/N-ethyl adjacent to an activating group) is 2. The van der Waals surface area contributed by atoms with Crippen molar-refractivity contribution in [2.24, 2.45) is 5.92 Å². The standard InChI is InChI=1S/C13H25N3O3/c1-4-6-15-12(17)7-16(3)13(18)10-8-19-9-11(10)14-5-2/h10-11,14H,4-9H2,1-3H3,(H,15,17). The molecule has 6 heteroatoms. The zero-order valence-electron chi connectivity index (χ0n) is 12.1. The number of nitrogens with zero attached hydrogens (tertiary/aromatic N) is 1. The Morgan fingerprint density at radius 3 is 2.68 bits per heavy atom. The van der Waals surface area contributed by atoms with Gasteiger partial charge in [0.05, 0.1) is 25.7 Å². The first-order valence-corrected chi connectivity index (χ1v) is 6.92. The second-order valence-electron chi connectivity index (χ2n) is 4.85. The molecule has 0 spiro atoms. The van der Waals surface area contributed by atoms with Gasteiger partial charge in [0.2, 0.25) is 11.8 Å². The monoisotopic (exact) mass is 271 g/mol. The highest BCUT2D eigenvalue weighted by molar-refractivity contribution is 5.86. The van der Waals surface area contributed by atoms with Crippen LogP contribution in [0.15, 0.2) is 0 Å². The van der Waals surface area contributed by atoms with Crippen LogP contribution in [-0.2, 0) is 14.3 Å². The molecule has 1 aliphatic rings. The first-order chi connectivity index (χ1) is 9.10. The Kier molecular flexibility index (Phi) is 6.80. The van der Waals surface area contributed by atoms with Gasteiger partial charge in [-0.2, -0.15) is 0 Å². The van der Waals surface area contributed by atoms with Gasteiger partial charge in [-0.3, -0.25) is 9.59 Å². The van der Waals surface area contributed by atoms with E-state index in [9.17, 15) is 9.59 Å². The average molecular weight is 271 g/mol. The summed E-state index contributed by atoms with van der Waals surface area (Å²) in [6.45, 7) is 6.53. The molecule has 6 nitrogen and oxygen atoms in total. The minimum atomic E-state index is -0.191. The van der Waals surface area contributed by atoms with Crippen LogP contribution in [-0.4, -0.2) is 62.7 Å². The predicted molar refractivity (Wildman–Crippen MR) is 72.7 cm³/mol. The topological polar surface area (TPSA) is 70.7 Å². The molecule has 0 aromatic rings. The van der Waals surface area contributed by atoms with Crippen LogP contribution in [0.5, 0.6) is 0 Å². The Bertz CT molecular complexity index is 310. The van der Waals surface area contributed by atoms with Gasteiger partial charge in [0, 0.05) is 19.6 Å². The number of carbonyl (C=O) groups excluding carboxylic acids is 2. The first-order valence-electron chi connectivity index (χ1n) is 6.92. The summed E-state index contributed by atoms with van der Waals surface area (Å²) in [7, 11) is 1.66. The summed E-state index contributed by atoms with van der Waals surface area (Å²) in [5.41, 5.74) is 0. The maximum absolute atomic E-state index is 12.3. The zero-order valence-corrected chi connectivity index (χ0v) is 12.1. The number of amides is 2. The predicted octanol–water partition coefficient (Wildman–Crippen LogP) is -0.404. The summed E-state index contributed by atoms with van der Waals surface area (Å²) in [6.07, 6.45) is 0.891. The zero-order chi connectivity index (χ0) is 14.3. The third-order valence-corrected chi connectivity index (χ3v) is 3.19. The lowest BCUT2D eigenvalue weighted by atomic mass is 10.0. The Labute approximate surface area is 114 Å². The van der Waals surface area contributed by atoms with E-state index in [1.54, 1.807) is 7.05 Å². The smallest absolute Gasteiger partial charge is 0.239 e. The van der Waals surface area contributed by atoms with Gasteiger partial charge < -0.3 is 20.3 Å². The Morgan fingerprint density at radius 2 is 2.05 bits per heavy atom. The van der Waals surface area contributed by atoms with Crippen molar-refractivity contribution in [1.82, 2.24) is 15.5 Å². The minimum absolute atomic E-state index is 0.0323. The molecule has 19 heavy (non-hydrogen) atoms. The van der Waals surface area contributed by atoms with Gasteiger partial charge in [0.15, 0.2) is 0 Å². The molecular formula is C13H25N3O3. The van der Waals surface area contributed by atoms with Crippen LogP contribution >= 0.6 is 0 Å². The highest BCUT2D eigenvalue weighted by Gasteiger charge is 2.35. The first kappa shape index (κ1) is 15.9. The molecular weight excluding hydrogens is 246 g/mol. The third kappa shape index (κ3) is 4.80. The lowest BCUT2D eigenvalue weighted by Crippen LogP contribution is -2.47. The lowest BCUT2D eigenvalue weighted by Gasteiger charge is -2.23. The van der Waals surface area contributed by atoms with E-state index in [-0.39, 0.29) is 30.3 Å². The van der Waals surface area contributed by atoms with Crippen molar-refractivity contribution >= 4 is 11.8 Å². The molecule has 0 saturated carbocycles. The molecule has 110 valence electrons.